The molecular weight excluding hydrogens is 296 g/mol. The highest BCUT2D eigenvalue weighted by molar-refractivity contribution is 5.19. The van der Waals surface area contributed by atoms with E-state index < -0.39 is 11.6 Å². The van der Waals surface area contributed by atoms with Crippen molar-refractivity contribution >= 4 is 0 Å². The van der Waals surface area contributed by atoms with Crippen LogP contribution >= 0.6 is 0 Å². The van der Waals surface area contributed by atoms with Gasteiger partial charge in [0.05, 0.1) is 0 Å². The molecule has 5 heteroatoms. The second-order valence-corrected chi connectivity index (χ2v) is 6.10. The minimum Gasteiger partial charge on any atom is -0.316 e. The van der Waals surface area contributed by atoms with Gasteiger partial charge in [-0.05, 0) is 43.1 Å². The minimum atomic E-state index is -0.786. The van der Waals surface area contributed by atoms with Gasteiger partial charge in [-0.3, -0.25) is 9.88 Å². The normalized spacial score (nSPS) is 17.8. The van der Waals surface area contributed by atoms with Gasteiger partial charge >= 0.3 is 0 Å². The van der Waals surface area contributed by atoms with E-state index in [9.17, 15) is 8.78 Å². The minimum absolute atomic E-state index is 0.398. The molecule has 0 radical (unpaired) electrons. The quantitative estimate of drug-likeness (QED) is 0.888. The number of hydrogen-bond acceptors (Lipinski definition) is 3. The molecule has 3 rings (SSSR count). The van der Waals surface area contributed by atoms with Gasteiger partial charge in [0.25, 0.3) is 0 Å². The first kappa shape index (κ1) is 16.0. The Morgan fingerprint density at radius 2 is 2.09 bits per heavy atom. The molecule has 1 aromatic carbocycles. The molecule has 0 saturated carbocycles. The monoisotopic (exact) mass is 317 g/mol. The lowest BCUT2D eigenvalue weighted by molar-refractivity contribution is 0.217. The van der Waals surface area contributed by atoms with Crippen LogP contribution in [0.1, 0.15) is 17.5 Å². The summed E-state index contributed by atoms with van der Waals surface area (Å²) < 4.78 is 27.4. The third-order valence-corrected chi connectivity index (χ3v) is 4.23. The average Bonchev–Trinajstić information content (AvgIpc) is 3.06. The Bertz CT molecular complexity index is 627. The lowest BCUT2D eigenvalue weighted by Gasteiger charge is -2.25. The third-order valence-electron chi connectivity index (χ3n) is 4.23. The molecule has 0 amide bonds. The maximum absolute atomic E-state index is 14.0. The van der Waals surface area contributed by atoms with Crippen LogP contribution in [-0.4, -0.2) is 29.5 Å². The van der Waals surface area contributed by atoms with Crippen molar-refractivity contribution in [2.24, 2.45) is 5.92 Å². The largest absolute Gasteiger partial charge is 0.316 e. The number of halogens is 2. The molecule has 23 heavy (non-hydrogen) atoms. The van der Waals surface area contributed by atoms with E-state index in [2.05, 4.69) is 15.2 Å². The van der Waals surface area contributed by atoms with Crippen molar-refractivity contribution in [2.45, 2.75) is 19.5 Å². The topological polar surface area (TPSA) is 28.2 Å². The molecule has 1 aliphatic heterocycles. The number of benzene rings is 1. The summed E-state index contributed by atoms with van der Waals surface area (Å²) in [4.78, 5) is 6.31. The molecular formula is C18H21F2N3. The summed E-state index contributed by atoms with van der Waals surface area (Å²) in [6, 6.07) is 8.28. The molecule has 1 N–H and O–H groups in total. The van der Waals surface area contributed by atoms with Gasteiger partial charge in [0.2, 0.25) is 0 Å². The van der Waals surface area contributed by atoms with Crippen LogP contribution in [0, 0.1) is 17.6 Å². The zero-order valence-electron chi connectivity index (χ0n) is 13.0. The Morgan fingerprint density at radius 1 is 1.17 bits per heavy atom. The van der Waals surface area contributed by atoms with E-state index in [1.54, 1.807) is 18.3 Å². The number of hydrogen-bond donors (Lipinski definition) is 1. The molecule has 0 bridgehead atoms. The van der Waals surface area contributed by atoms with Crippen LogP contribution in [-0.2, 0) is 13.1 Å². The predicted octanol–water partition coefficient (Wildman–Crippen LogP) is 2.97. The fraction of sp³-hybridized carbons (Fsp3) is 0.389. The Kier molecular flexibility index (Phi) is 5.31. The lowest BCUT2D eigenvalue weighted by Crippen LogP contribution is -2.30. The third kappa shape index (κ3) is 4.33. The molecule has 1 atom stereocenters. The number of nitrogens with zero attached hydrogens (tertiary/aromatic N) is 2. The summed E-state index contributed by atoms with van der Waals surface area (Å²) in [6.45, 7) is 3.95. The number of rotatable bonds is 6. The standard InChI is InChI=1S/C18H21F2N3/c19-17-5-1-4-16(18(17)20)13-23(12-15-6-8-22-10-15)11-14-3-2-7-21-9-14/h1-5,7,9,15,22H,6,8,10-13H2. The van der Waals surface area contributed by atoms with E-state index >= 15 is 0 Å². The van der Waals surface area contributed by atoms with Crippen LogP contribution in [0.4, 0.5) is 8.78 Å². The van der Waals surface area contributed by atoms with Crippen molar-refractivity contribution in [3.63, 3.8) is 0 Å². The van der Waals surface area contributed by atoms with Crippen LogP contribution in [0.5, 0.6) is 0 Å². The second-order valence-electron chi connectivity index (χ2n) is 6.10. The van der Waals surface area contributed by atoms with Crippen molar-refractivity contribution in [1.82, 2.24) is 15.2 Å². The van der Waals surface area contributed by atoms with Gasteiger partial charge in [-0.1, -0.05) is 18.2 Å². The van der Waals surface area contributed by atoms with Gasteiger partial charge in [0.15, 0.2) is 11.6 Å². The summed E-state index contributed by atoms with van der Waals surface area (Å²) in [5, 5.41) is 3.35. The van der Waals surface area contributed by atoms with Crippen molar-refractivity contribution in [3.8, 4) is 0 Å². The molecule has 0 spiro atoms. The van der Waals surface area contributed by atoms with Crippen molar-refractivity contribution in [2.75, 3.05) is 19.6 Å². The number of pyridine rings is 1. The molecule has 1 unspecified atom stereocenters. The van der Waals surface area contributed by atoms with Gasteiger partial charge in [-0.2, -0.15) is 0 Å². The van der Waals surface area contributed by atoms with Crippen LogP contribution in [0.15, 0.2) is 42.7 Å². The highest BCUT2D eigenvalue weighted by atomic mass is 19.2. The molecule has 1 fully saturated rings. The van der Waals surface area contributed by atoms with E-state index in [0.29, 0.717) is 24.6 Å². The summed E-state index contributed by atoms with van der Waals surface area (Å²) in [5.74, 6) is -0.983. The van der Waals surface area contributed by atoms with Gasteiger partial charge in [0.1, 0.15) is 0 Å². The molecule has 1 saturated heterocycles. The molecule has 0 aliphatic carbocycles. The molecule has 3 nitrogen and oxygen atoms in total. The summed E-state index contributed by atoms with van der Waals surface area (Å²) >= 11 is 0. The number of nitrogens with one attached hydrogen (secondary N) is 1. The predicted molar refractivity (Wildman–Crippen MR) is 85.7 cm³/mol. The average molecular weight is 317 g/mol. The Hall–Kier alpha value is -1.85. The van der Waals surface area contributed by atoms with Gasteiger partial charge in [0, 0.05) is 37.6 Å². The molecule has 2 aromatic rings. The fourth-order valence-electron chi connectivity index (χ4n) is 3.08. The van der Waals surface area contributed by atoms with E-state index in [1.165, 1.54) is 0 Å². The van der Waals surface area contributed by atoms with Crippen LogP contribution in [0.3, 0.4) is 0 Å². The molecule has 2 heterocycles. The smallest absolute Gasteiger partial charge is 0.163 e. The lowest BCUT2D eigenvalue weighted by atomic mass is 10.1. The Morgan fingerprint density at radius 3 is 2.83 bits per heavy atom. The first-order valence-electron chi connectivity index (χ1n) is 7.97. The van der Waals surface area contributed by atoms with Gasteiger partial charge in [-0.15, -0.1) is 0 Å². The fourth-order valence-corrected chi connectivity index (χ4v) is 3.08. The van der Waals surface area contributed by atoms with E-state index in [-0.39, 0.29) is 0 Å². The van der Waals surface area contributed by atoms with Crippen LogP contribution < -0.4 is 5.32 Å². The summed E-state index contributed by atoms with van der Waals surface area (Å²) in [7, 11) is 0. The molecule has 122 valence electrons. The maximum Gasteiger partial charge on any atom is 0.163 e. The van der Waals surface area contributed by atoms with Gasteiger partial charge < -0.3 is 5.32 Å². The Balaban J connectivity index is 1.74. The van der Waals surface area contributed by atoms with E-state index in [0.717, 1.165) is 37.7 Å². The zero-order chi connectivity index (χ0) is 16.1. The summed E-state index contributed by atoms with van der Waals surface area (Å²) in [5.41, 5.74) is 1.48. The van der Waals surface area contributed by atoms with Crippen LogP contribution in [0.25, 0.3) is 0 Å². The second kappa shape index (κ2) is 7.62. The zero-order valence-corrected chi connectivity index (χ0v) is 13.0. The first-order chi connectivity index (χ1) is 11.2. The molecule has 1 aliphatic rings. The summed E-state index contributed by atoms with van der Waals surface area (Å²) in [6.07, 6.45) is 4.68. The molecule has 1 aromatic heterocycles. The highest BCUT2D eigenvalue weighted by Crippen LogP contribution is 2.18. The van der Waals surface area contributed by atoms with Crippen LogP contribution in [0.2, 0.25) is 0 Å². The van der Waals surface area contributed by atoms with Crippen molar-refractivity contribution < 1.29 is 8.78 Å². The number of aromatic nitrogens is 1. The van der Waals surface area contributed by atoms with Crippen molar-refractivity contribution in [3.05, 3.63) is 65.5 Å². The van der Waals surface area contributed by atoms with Gasteiger partial charge in [-0.25, -0.2) is 8.78 Å². The SMILES string of the molecule is Fc1cccc(CN(Cc2cccnc2)CC2CCNC2)c1F. The Labute approximate surface area is 135 Å². The van der Waals surface area contributed by atoms with E-state index in [1.807, 2.05) is 18.3 Å². The highest BCUT2D eigenvalue weighted by Gasteiger charge is 2.20. The van der Waals surface area contributed by atoms with Crippen molar-refractivity contribution in [1.29, 1.82) is 0 Å². The first-order valence-corrected chi connectivity index (χ1v) is 7.97. The van der Waals surface area contributed by atoms with E-state index in [4.69, 9.17) is 0 Å². The maximum atomic E-state index is 14.0.